The first kappa shape index (κ1) is 20.4. The fourth-order valence-corrected chi connectivity index (χ4v) is 3.55. The van der Waals surface area contributed by atoms with E-state index in [1.54, 1.807) is 11.0 Å². The summed E-state index contributed by atoms with van der Waals surface area (Å²) in [6.45, 7) is 3.95. The Balaban J connectivity index is 1.42. The van der Waals surface area contributed by atoms with Gasteiger partial charge < -0.3 is 15.1 Å². The van der Waals surface area contributed by atoms with Crippen LogP contribution in [0.1, 0.15) is 18.4 Å². The maximum atomic E-state index is 12.9. The normalized spacial score (nSPS) is 18.4. The SMILES string of the molecule is O=C(CN1CCN(c2cccc(C(F)(F)F)c2)CC1)NCC(=O)N1CCCC1. The van der Waals surface area contributed by atoms with E-state index in [1.165, 1.54) is 6.07 Å². The summed E-state index contributed by atoms with van der Waals surface area (Å²) in [5, 5.41) is 2.66. The number of carbonyl (C=O) groups is 2. The molecule has 2 heterocycles. The molecule has 2 saturated heterocycles. The maximum Gasteiger partial charge on any atom is 0.416 e. The third-order valence-electron chi connectivity index (χ3n) is 5.17. The molecule has 1 N–H and O–H groups in total. The highest BCUT2D eigenvalue weighted by Crippen LogP contribution is 2.31. The molecule has 2 aliphatic heterocycles. The minimum absolute atomic E-state index is 0.0169. The fraction of sp³-hybridized carbons (Fsp3) is 0.579. The zero-order chi connectivity index (χ0) is 20.1. The average Bonchev–Trinajstić information content (AvgIpc) is 3.21. The first-order valence-electron chi connectivity index (χ1n) is 9.52. The maximum absolute atomic E-state index is 12.9. The number of anilines is 1. The van der Waals surface area contributed by atoms with E-state index in [0.29, 0.717) is 31.9 Å². The molecular weight excluding hydrogens is 373 g/mol. The van der Waals surface area contributed by atoms with E-state index in [9.17, 15) is 22.8 Å². The average molecular weight is 398 g/mol. The highest BCUT2D eigenvalue weighted by atomic mass is 19.4. The van der Waals surface area contributed by atoms with Gasteiger partial charge in [-0.2, -0.15) is 13.2 Å². The number of nitrogens with zero attached hydrogens (tertiary/aromatic N) is 3. The number of alkyl halides is 3. The Morgan fingerprint density at radius 3 is 2.32 bits per heavy atom. The Bertz CT molecular complexity index is 697. The number of benzene rings is 1. The van der Waals surface area contributed by atoms with Gasteiger partial charge in [-0.05, 0) is 31.0 Å². The summed E-state index contributed by atoms with van der Waals surface area (Å²) < 4.78 is 38.6. The number of carbonyl (C=O) groups excluding carboxylic acids is 2. The number of likely N-dealkylation sites (tertiary alicyclic amines) is 1. The van der Waals surface area contributed by atoms with Crippen molar-refractivity contribution in [2.24, 2.45) is 0 Å². The van der Waals surface area contributed by atoms with Gasteiger partial charge in [0.05, 0.1) is 18.7 Å². The lowest BCUT2D eigenvalue weighted by Gasteiger charge is -2.36. The van der Waals surface area contributed by atoms with Gasteiger partial charge in [-0.1, -0.05) is 6.07 Å². The van der Waals surface area contributed by atoms with E-state index in [-0.39, 0.29) is 24.9 Å². The first-order valence-corrected chi connectivity index (χ1v) is 9.52. The van der Waals surface area contributed by atoms with Crippen molar-refractivity contribution in [3.05, 3.63) is 29.8 Å². The summed E-state index contributed by atoms with van der Waals surface area (Å²) in [7, 11) is 0. The van der Waals surface area contributed by atoms with Crippen molar-refractivity contribution in [3.8, 4) is 0 Å². The van der Waals surface area contributed by atoms with Gasteiger partial charge in [0.1, 0.15) is 0 Å². The predicted molar refractivity (Wildman–Crippen MR) is 98.9 cm³/mol. The molecule has 2 amide bonds. The van der Waals surface area contributed by atoms with Gasteiger partial charge in [-0.25, -0.2) is 0 Å². The van der Waals surface area contributed by atoms with Crippen LogP contribution >= 0.6 is 0 Å². The molecule has 1 aromatic carbocycles. The molecule has 0 spiro atoms. The van der Waals surface area contributed by atoms with Crippen LogP contribution in [0.5, 0.6) is 0 Å². The number of rotatable bonds is 5. The Labute approximate surface area is 162 Å². The minimum atomic E-state index is -4.36. The number of hydrogen-bond acceptors (Lipinski definition) is 4. The Kier molecular flexibility index (Phi) is 6.43. The summed E-state index contributed by atoms with van der Waals surface area (Å²) in [5.41, 5.74) is -0.121. The highest BCUT2D eigenvalue weighted by molar-refractivity contribution is 5.85. The van der Waals surface area contributed by atoms with Crippen LogP contribution < -0.4 is 10.2 Å². The van der Waals surface area contributed by atoms with Crippen LogP contribution in [0.25, 0.3) is 0 Å². The van der Waals surface area contributed by atoms with Crippen molar-refractivity contribution >= 4 is 17.5 Å². The van der Waals surface area contributed by atoms with Crippen molar-refractivity contribution in [1.29, 1.82) is 0 Å². The van der Waals surface area contributed by atoms with Crippen molar-refractivity contribution in [1.82, 2.24) is 15.1 Å². The van der Waals surface area contributed by atoms with Gasteiger partial charge in [0.2, 0.25) is 11.8 Å². The Morgan fingerprint density at radius 2 is 1.68 bits per heavy atom. The molecule has 2 aliphatic rings. The fourth-order valence-electron chi connectivity index (χ4n) is 3.55. The van der Waals surface area contributed by atoms with Crippen molar-refractivity contribution in [3.63, 3.8) is 0 Å². The highest BCUT2D eigenvalue weighted by Gasteiger charge is 2.31. The number of nitrogens with one attached hydrogen (secondary N) is 1. The summed E-state index contributed by atoms with van der Waals surface area (Å²) in [4.78, 5) is 29.6. The lowest BCUT2D eigenvalue weighted by Crippen LogP contribution is -2.50. The quantitative estimate of drug-likeness (QED) is 0.818. The summed E-state index contributed by atoms with van der Waals surface area (Å²) in [6, 6.07) is 5.30. The lowest BCUT2D eigenvalue weighted by atomic mass is 10.1. The smallest absolute Gasteiger partial charge is 0.369 e. The Morgan fingerprint density at radius 1 is 1.00 bits per heavy atom. The van der Waals surface area contributed by atoms with Crippen LogP contribution in [-0.2, 0) is 15.8 Å². The van der Waals surface area contributed by atoms with E-state index >= 15 is 0 Å². The first-order chi connectivity index (χ1) is 13.3. The summed E-state index contributed by atoms with van der Waals surface area (Å²) in [5.74, 6) is -0.264. The summed E-state index contributed by atoms with van der Waals surface area (Å²) in [6.07, 6.45) is -2.34. The zero-order valence-electron chi connectivity index (χ0n) is 15.7. The van der Waals surface area contributed by atoms with Crippen molar-refractivity contribution in [2.75, 3.05) is 57.3 Å². The third kappa shape index (κ3) is 5.37. The molecule has 0 saturated carbocycles. The molecule has 9 heteroatoms. The second kappa shape index (κ2) is 8.81. The number of hydrogen-bond donors (Lipinski definition) is 1. The molecule has 0 atom stereocenters. The molecule has 0 aliphatic carbocycles. The van der Waals surface area contributed by atoms with Gasteiger partial charge in [-0.3, -0.25) is 14.5 Å². The summed E-state index contributed by atoms with van der Waals surface area (Å²) >= 11 is 0. The number of piperazine rings is 1. The van der Waals surface area contributed by atoms with Crippen molar-refractivity contribution < 1.29 is 22.8 Å². The van der Waals surface area contributed by atoms with Crippen LogP contribution in [0, 0.1) is 0 Å². The van der Waals surface area contributed by atoms with Crippen LogP contribution in [0.15, 0.2) is 24.3 Å². The molecule has 154 valence electrons. The molecule has 0 bridgehead atoms. The largest absolute Gasteiger partial charge is 0.416 e. The molecule has 0 unspecified atom stereocenters. The second-order valence-electron chi connectivity index (χ2n) is 7.18. The van der Waals surface area contributed by atoms with Crippen LogP contribution in [-0.4, -0.2) is 74.0 Å². The van der Waals surface area contributed by atoms with Gasteiger partial charge in [0.15, 0.2) is 0 Å². The van der Waals surface area contributed by atoms with E-state index < -0.39 is 11.7 Å². The molecule has 1 aromatic rings. The van der Waals surface area contributed by atoms with Gasteiger partial charge in [-0.15, -0.1) is 0 Å². The van der Waals surface area contributed by atoms with Crippen molar-refractivity contribution in [2.45, 2.75) is 19.0 Å². The van der Waals surface area contributed by atoms with E-state index in [0.717, 1.165) is 38.1 Å². The molecule has 28 heavy (non-hydrogen) atoms. The number of amides is 2. The molecule has 3 rings (SSSR count). The molecule has 0 aromatic heterocycles. The standard InChI is InChI=1S/C19H25F3N4O2/c20-19(21,22)15-4-3-5-16(12-15)25-10-8-24(9-11-25)14-17(27)23-13-18(28)26-6-1-2-7-26/h3-5,12H,1-2,6-11,13-14H2,(H,23,27). The lowest BCUT2D eigenvalue weighted by molar-refractivity contribution is -0.137. The van der Waals surface area contributed by atoms with E-state index in [1.807, 2.05) is 9.80 Å². The van der Waals surface area contributed by atoms with E-state index in [2.05, 4.69) is 5.32 Å². The monoisotopic (exact) mass is 398 g/mol. The van der Waals surface area contributed by atoms with Crippen LogP contribution in [0.3, 0.4) is 0 Å². The van der Waals surface area contributed by atoms with Crippen LogP contribution in [0.4, 0.5) is 18.9 Å². The molecule has 2 fully saturated rings. The van der Waals surface area contributed by atoms with Crippen LogP contribution in [0.2, 0.25) is 0 Å². The Hall–Kier alpha value is -2.29. The molecular formula is C19H25F3N4O2. The topological polar surface area (TPSA) is 55.9 Å². The van der Waals surface area contributed by atoms with Gasteiger partial charge in [0, 0.05) is 45.0 Å². The molecule has 0 radical (unpaired) electrons. The number of halogens is 3. The van der Waals surface area contributed by atoms with Gasteiger partial charge in [0.25, 0.3) is 0 Å². The predicted octanol–water partition coefficient (Wildman–Crippen LogP) is 1.57. The van der Waals surface area contributed by atoms with Gasteiger partial charge >= 0.3 is 6.18 Å². The third-order valence-corrected chi connectivity index (χ3v) is 5.17. The minimum Gasteiger partial charge on any atom is -0.369 e. The van der Waals surface area contributed by atoms with E-state index in [4.69, 9.17) is 0 Å². The second-order valence-corrected chi connectivity index (χ2v) is 7.18. The zero-order valence-corrected chi connectivity index (χ0v) is 15.7. The molecule has 6 nitrogen and oxygen atoms in total.